The van der Waals surface area contributed by atoms with E-state index in [0.29, 0.717) is 5.02 Å². The highest BCUT2D eigenvalue weighted by atomic mass is 35.5. The van der Waals surface area contributed by atoms with Crippen LogP contribution in [0, 0.1) is 5.82 Å². The van der Waals surface area contributed by atoms with E-state index in [0.717, 1.165) is 17.7 Å². The molecular weight excluding hydrogens is 407 g/mol. The van der Waals surface area contributed by atoms with E-state index >= 15 is 0 Å². The summed E-state index contributed by atoms with van der Waals surface area (Å²) in [5.74, 6) is -1.36. The molecule has 1 aliphatic rings. The van der Waals surface area contributed by atoms with E-state index < -0.39 is 26.6 Å². The van der Waals surface area contributed by atoms with E-state index in [2.05, 4.69) is 5.32 Å². The summed E-state index contributed by atoms with van der Waals surface area (Å²) in [6, 6.07) is 10.4. The Kier molecular flexibility index (Phi) is 6.46. The third-order valence-corrected chi connectivity index (χ3v) is 6.21. The molecule has 1 N–H and O–H groups in total. The SMILES string of the molecule is O=C(/C=C/c1cccc(Cl)c1)Nc1ccc(F)c(S(=O)(=O)N2CCOCC2)c1. The van der Waals surface area contributed by atoms with Crippen LogP contribution in [0.2, 0.25) is 5.02 Å². The first-order chi connectivity index (χ1) is 13.4. The van der Waals surface area contributed by atoms with Gasteiger partial charge in [-0.15, -0.1) is 0 Å². The monoisotopic (exact) mass is 424 g/mol. The summed E-state index contributed by atoms with van der Waals surface area (Å²) in [7, 11) is -4.02. The number of morpholine rings is 1. The molecule has 28 heavy (non-hydrogen) atoms. The first-order valence-electron chi connectivity index (χ1n) is 8.48. The number of sulfonamides is 1. The summed E-state index contributed by atoms with van der Waals surface area (Å²) >= 11 is 5.89. The average Bonchev–Trinajstić information content (AvgIpc) is 2.68. The van der Waals surface area contributed by atoms with E-state index in [-0.39, 0.29) is 32.0 Å². The highest BCUT2D eigenvalue weighted by Crippen LogP contribution is 2.24. The van der Waals surface area contributed by atoms with Gasteiger partial charge >= 0.3 is 0 Å². The zero-order valence-electron chi connectivity index (χ0n) is 14.8. The number of carbonyl (C=O) groups excluding carboxylic acids is 1. The van der Waals surface area contributed by atoms with Crippen LogP contribution >= 0.6 is 11.6 Å². The fourth-order valence-electron chi connectivity index (χ4n) is 2.67. The first kappa shape index (κ1) is 20.5. The van der Waals surface area contributed by atoms with Crippen LogP contribution in [0.25, 0.3) is 6.08 Å². The second kappa shape index (κ2) is 8.83. The van der Waals surface area contributed by atoms with Crippen molar-refractivity contribution in [3.63, 3.8) is 0 Å². The minimum atomic E-state index is -4.02. The molecule has 1 amide bonds. The van der Waals surface area contributed by atoms with Crippen molar-refractivity contribution in [3.05, 3.63) is 64.9 Å². The maximum Gasteiger partial charge on any atom is 0.248 e. The molecule has 0 saturated carbocycles. The van der Waals surface area contributed by atoms with Crippen molar-refractivity contribution in [2.75, 3.05) is 31.6 Å². The van der Waals surface area contributed by atoms with E-state index in [9.17, 15) is 17.6 Å². The smallest absolute Gasteiger partial charge is 0.248 e. The zero-order valence-corrected chi connectivity index (χ0v) is 16.3. The number of nitrogens with zero attached hydrogens (tertiary/aromatic N) is 1. The number of hydrogen-bond donors (Lipinski definition) is 1. The van der Waals surface area contributed by atoms with Crippen LogP contribution in [-0.2, 0) is 19.6 Å². The Morgan fingerprint density at radius 3 is 2.64 bits per heavy atom. The third kappa shape index (κ3) is 4.96. The largest absolute Gasteiger partial charge is 0.379 e. The lowest BCUT2D eigenvalue weighted by Crippen LogP contribution is -2.40. The number of benzene rings is 2. The van der Waals surface area contributed by atoms with Gasteiger partial charge in [0.2, 0.25) is 15.9 Å². The van der Waals surface area contributed by atoms with Gasteiger partial charge in [-0.2, -0.15) is 4.31 Å². The van der Waals surface area contributed by atoms with Gasteiger partial charge in [-0.1, -0.05) is 23.7 Å². The van der Waals surface area contributed by atoms with E-state index in [1.165, 1.54) is 16.4 Å². The predicted molar refractivity (Wildman–Crippen MR) is 105 cm³/mol. The molecule has 3 rings (SSSR count). The minimum absolute atomic E-state index is 0.154. The predicted octanol–water partition coefficient (Wildman–Crippen LogP) is 3.15. The number of anilines is 1. The van der Waals surface area contributed by atoms with Gasteiger partial charge in [-0.05, 0) is 42.0 Å². The Balaban J connectivity index is 1.76. The zero-order chi connectivity index (χ0) is 20.1. The normalized spacial score (nSPS) is 15.6. The maximum atomic E-state index is 14.2. The molecule has 0 aliphatic carbocycles. The van der Waals surface area contributed by atoms with Gasteiger partial charge in [0.1, 0.15) is 10.7 Å². The Hall–Kier alpha value is -2.26. The van der Waals surface area contributed by atoms with Crippen molar-refractivity contribution in [3.8, 4) is 0 Å². The molecule has 0 spiro atoms. The van der Waals surface area contributed by atoms with E-state index in [1.54, 1.807) is 30.3 Å². The summed E-state index contributed by atoms with van der Waals surface area (Å²) in [6.45, 7) is 0.818. The molecular formula is C19H18ClFN2O4S. The molecule has 148 valence electrons. The quantitative estimate of drug-likeness (QED) is 0.748. The lowest BCUT2D eigenvalue weighted by atomic mass is 10.2. The van der Waals surface area contributed by atoms with Crippen molar-refractivity contribution in [2.24, 2.45) is 0 Å². The molecule has 1 saturated heterocycles. The Bertz CT molecular complexity index is 1000. The van der Waals surface area contributed by atoms with Crippen LogP contribution in [0.5, 0.6) is 0 Å². The number of carbonyl (C=O) groups is 1. The van der Waals surface area contributed by atoms with Crippen LogP contribution in [-0.4, -0.2) is 44.9 Å². The van der Waals surface area contributed by atoms with Crippen LogP contribution in [0.3, 0.4) is 0 Å². The van der Waals surface area contributed by atoms with Gasteiger partial charge in [0.05, 0.1) is 13.2 Å². The molecule has 1 aliphatic heterocycles. The molecule has 0 bridgehead atoms. The van der Waals surface area contributed by atoms with Crippen LogP contribution in [0.1, 0.15) is 5.56 Å². The van der Waals surface area contributed by atoms with E-state index in [1.807, 2.05) is 0 Å². The molecule has 2 aromatic rings. The minimum Gasteiger partial charge on any atom is -0.379 e. The van der Waals surface area contributed by atoms with Crippen molar-refractivity contribution in [2.45, 2.75) is 4.90 Å². The van der Waals surface area contributed by atoms with Crippen LogP contribution in [0.4, 0.5) is 10.1 Å². The molecule has 6 nitrogen and oxygen atoms in total. The van der Waals surface area contributed by atoms with Crippen LogP contribution in [0.15, 0.2) is 53.4 Å². The highest BCUT2D eigenvalue weighted by molar-refractivity contribution is 7.89. The van der Waals surface area contributed by atoms with Crippen LogP contribution < -0.4 is 5.32 Å². The molecule has 2 aromatic carbocycles. The number of nitrogens with one attached hydrogen (secondary N) is 1. The molecule has 9 heteroatoms. The fourth-order valence-corrected chi connectivity index (χ4v) is 4.37. The lowest BCUT2D eigenvalue weighted by Gasteiger charge is -2.26. The summed E-state index contributed by atoms with van der Waals surface area (Å²) in [5.41, 5.74) is 0.909. The van der Waals surface area contributed by atoms with Crippen molar-refractivity contribution in [1.82, 2.24) is 4.31 Å². The van der Waals surface area contributed by atoms with Gasteiger partial charge in [-0.25, -0.2) is 12.8 Å². The highest BCUT2D eigenvalue weighted by Gasteiger charge is 2.29. The van der Waals surface area contributed by atoms with Gasteiger partial charge in [0.15, 0.2) is 0 Å². The summed E-state index contributed by atoms with van der Waals surface area (Å²) in [5, 5.41) is 3.08. The van der Waals surface area contributed by atoms with Gasteiger partial charge in [0.25, 0.3) is 0 Å². The van der Waals surface area contributed by atoms with Gasteiger partial charge in [-0.3, -0.25) is 4.79 Å². The Morgan fingerprint density at radius 2 is 1.93 bits per heavy atom. The van der Waals surface area contributed by atoms with E-state index in [4.69, 9.17) is 16.3 Å². The third-order valence-electron chi connectivity index (χ3n) is 4.06. The molecule has 0 atom stereocenters. The average molecular weight is 425 g/mol. The number of hydrogen-bond acceptors (Lipinski definition) is 4. The Morgan fingerprint density at radius 1 is 1.18 bits per heavy atom. The summed E-state index contributed by atoms with van der Waals surface area (Å²) in [6.07, 6.45) is 2.85. The number of rotatable bonds is 5. The lowest BCUT2D eigenvalue weighted by molar-refractivity contribution is -0.111. The topological polar surface area (TPSA) is 75.7 Å². The van der Waals surface area contributed by atoms with Gasteiger partial charge in [0, 0.05) is 29.9 Å². The van der Waals surface area contributed by atoms with Crippen molar-refractivity contribution < 1.29 is 22.3 Å². The molecule has 0 unspecified atom stereocenters. The standard InChI is InChI=1S/C19H18ClFN2O4S/c20-15-3-1-2-14(12-15)4-7-19(24)22-16-5-6-17(21)18(13-16)28(25,26)23-8-10-27-11-9-23/h1-7,12-13H,8-11H2,(H,22,24)/b7-4+. The molecule has 0 aromatic heterocycles. The van der Waals surface area contributed by atoms with Crippen molar-refractivity contribution >= 4 is 39.3 Å². The molecule has 0 radical (unpaired) electrons. The van der Waals surface area contributed by atoms with Crippen molar-refractivity contribution in [1.29, 1.82) is 0 Å². The number of halogens is 2. The maximum absolute atomic E-state index is 14.2. The number of amides is 1. The second-order valence-corrected chi connectivity index (χ2v) is 8.38. The fraction of sp³-hybridized carbons (Fsp3) is 0.211. The first-order valence-corrected chi connectivity index (χ1v) is 10.3. The number of ether oxygens (including phenoxy) is 1. The summed E-state index contributed by atoms with van der Waals surface area (Å²) in [4.78, 5) is 11.6. The summed E-state index contributed by atoms with van der Waals surface area (Å²) < 4.78 is 45.8. The van der Waals surface area contributed by atoms with Gasteiger partial charge < -0.3 is 10.1 Å². The second-order valence-electron chi connectivity index (χ2n) is 6.04. The Labute approximate surface area is 167 Å². The molecule has 1 fully saturated rings. The molecule has 1 heterocycles.